The standard InChI is InChI=1S/C16H18N4O3S2/c21-7-6-11(8-22)17-13-12-14(20-16(23)25-12)19-15(18-13)24-9-10-4-2-1-3-5-10/h1-5,11,21-22H,6-9H2,(H2,17,18,19,20,23). The predicted molar refractivity (Wildman–Crippen MR) is 100 cm³/mol. The summed E-state index contributed by atoms with van der Waals surface area (Å²) in [5.41, 5.74) is 1.63. The Morgan fingerprint density at radius 1 is 1.24 bits per heavy atom. The fourth-order valence-electron chi connectivity index (χ4n) is 2.27. The quantitative estimate of drug-likeness (QED) is 0.349. The van der Waals surface area contributed by atoms with Gasteiger partial charge in [-0.15, -0.1) is 0 Å². The van der Waals surface area contributed by atoms with E-state index in [-0.39, 0.29) is 24.1 Å². The van der Waals surface area contributed by atoms with Crippen LogP contribution in [0.15, 0.2) is 40.3 Å². The normalized spacial score (nSPS) is 12.4. The second-order valence-electron chi connectivity index (χ2n) is 5.36. The van der Waals surface area contributed by atoms with Crippen LogP contribution in [0.2, 0.25) is 0 Å². The molecule has 132 valence electrons. The highest BCUT2D eigenvalue weighted by Gasteiger charge is 2.15. The van der Waals surface area contributed by atoms with E-state index in [9.17, 15) is 9.90 Å². The average Bonchev–Trinajstić information content (AvgIpc) is 3.01. The van der Waals surface area contributed by atoms with E-state index in [0.717, 1.165) is 16.9 Å². The van der Waals surface area contributed by atoms with Gasteiger partial charge < -0.3 is 15.5 Å². The minimum atomic E-state index is -0.340. The highest BCUT2D eigenvalue weighted by Crippen LogP contribution is 2.27. The molecule has 0 radical (unpaired) electrons. The highest BCUT2D eigenvalue weighted by atomic mass is 32.2. The van der Waals surface area contributed by atoms with Crippen molar-refractivity contribution in [2.75, 3.05) is 18.5 Å². The molecule has 0 amide bonds. The van der Waals surface area contributed by atoms with Crippen LogP contribution in [0, 0.1) is 0 Å². The number of thiazole rings is 1. The lowest BCUT2D eigenvalue weighted by atomic mass is 10.2. The van der Waals surface area contributed by atoms with Crippen LogP contribution in [0.1, 0.15) is 12.0 Å². The van der Waals surface area contributed by atoms with Crippen molar-refractivity contribution in [3.8, 4) is 0 Å². The first-order valence-corrected chi connectivity index (χ1v) is 9.55. The molecule has 1 aromatic carbocycles. The zero-order valence-corrected chi connectivity index (χ0v) is 14.9. The number of hydrogen-bond acceptors (Lipinski definition) is 8. The number of anilines is 1. The van der Waals surface area contributed by atoms with Crippen LogP contribution in [-0.2, 0) is 5.75 Å². The van der Waals surface area contributed by atoms with Gasteiger partial charge in [-0.25, -0.2) is 9.97 Å². The number of aliphatic hydroxyl groups excluding tert-OH is 2. The maximum atomic E-state index is 11.7. The summed E-state index contributed by atoms with van der Waals surface area (Å²) in [6, 6.07) is 9.63. The van der Waals surface area contributed by atoms with Gasteiger partial charge in [0.1, 0.15) is 4.70 Å². The SMILES string of the molecule is O=c1[nH]c2nc(SCc3ccccc3)nc(NC(CO)CCO)c2s1. The summed E-state index contributed by atoms with van der Waals surface area (Å²) in [4.78, 5) is 23.1. The maximum absolute atomic E-state index is 11.7. The Morgan fingerprint density at radius 2 is 2.04 bits per heavy atom. The van der Waals surface area contributed by atoms with E-state index in [0.29, 0.717) is 33.5 Å². The van der Waals surface area contributed by atoms with E-state index in [1.165, 1.54) is 11.8 Å². The summed E-state index contributed by atoms with van der Waals surface area (Å²) >= 11 is 2.49. The zero-order chi connectivity index (χ0) is 17.6. The van der Waals surface area contributed by atoms with E-state index in [1.54, 1.807) is 0 Å². The van der Waals surface area contributed by atoms with Crippen molar-refractivity contribution in [2.45, 2.75) is 23.4 Å². The first-order chi connectivity index (χ1) is 12.2. The Labute approximate surface area is 152 Å². The molecule has 2 heterocycles. The highest BCUT2D eigenvalue weighted by molar-refractivity contribution is 7.98. The van der Waals surface area contributed by atoms with Crippen molar-refractivity contribution in [1.82, 2.24) is 15.0 Å². The van der Waals surface area contributed by atoms with Gasteiger partial charge in [0.15, 0.2) is 16.6 Å². The van der Waals surface area contributed by atoms with Gasteiger partial charge in [0.05, 0.1) is 12.6 Å². The molecule has 0 bridgehead atoms. The number of thioether (sulfide) groups is 1. The molecule has 4 N–H and O–H groups in total. The van der Waals surface area contributed by atoms with Gasteiger partial charge in [-0.3, -0.25) is 9.78 Å². The molecule has 25 heavy (non-hydrogen) atoms. The van der Waals surface area contributed by atoms with Crippen molar-refractivity contribution in [3.05, 3.63) is 45.6 Å². The molecule has 0 aliphatic rings. The minimum Gasteiger partial charge on any atom is -0.396 e. The number of H-pyrrole nitrogens is 1. The van der Waals surface area contributed by atoms with Gasteiger partial charge in [-0.1, -0.05) is 53.4 Å². The number of nitrogens with one attached hydrogen (secondary N) is 2. The number of fused-ring (bicyclic) bond motifs is 1. The molecule has 3 rings (SSSR count). The first kappa shape index (κ1) is 17.9. The Balaban J connectivity index is 1.87. The van der Waals surface area contributed by atoms with Crippen LogP contribution < -0.4 is 10.2 Å². The molecule has 1 unspecified atom stereocenters. The lowest BCUT2D eigenvalue weighted by Gasteiger charge is -2.16. The summed E-state index contributed by atoms with van der Waals surface area (Å²) < 4.78 is 0.616. The lowest BCUT2D eigenvalue weighted by molar-refractivity contribution is 0.228. The number of rotatable bonds is 8. The molecule has 0 aliphatic carbocycles. The fraction of sp³-hybridized carbons (Fsp3) is 0.312. The summed E-state index contributed by atoms with van der Waals surface area (Å²) in [6.07, 6.45) is 0.383. The number of aromatic nitrogens is 3. The summed E-state index contributed by atoms with van der Waals surface area (Å²) in [5, 5.41) is 22.2. The van der Waals surface area contributed by atoms with Crippen molar-refractivity contribution in [1.29, 1.82) is 0 Å². The fourth-order valence-corrected chi connectivity index (χ4v) is 3.80. The van der Waals surface area contributed by atoms with Crippen LogP contribution in [0.3, 0.4) is 0 Å². The minimum absolute atomic E-state index is 0.0502. The predicted octanol–water partition coefficient (Wildman–Crippen LogP) is 1.83. The number of nitrogens with zero attached hydrogens (tertiary/aromatic N) is 2. The summed E-state index contributed by atoms with van der Waals surface area (Å²) in [6.45, 7) is -0.191. The molecule has 0 fully saturated rings. The molecule has 3 aromatic rings. The van der Waals surface area contributed by atoms with Gasteiger partial charge in [-0.05, 0) is 12.0 Å². The van der Waals surface area contributed by atoms with E-state index in [2.05, 4.69) is 20.3 Å². The molecule has 0 aliphatic heterocycles. The molecule has 7 nitrogen and oxygen atoms in total. The van der Waals surface area contributed by atoms with Gasteiger partial charge in [0.2, 0.25) is 0 Å². The van der Waals surface area contributed by atoms with E-state index in [1.807, 2.05) is 30.3 Å². The third-order valence-electron chi connectivity index (χ3n) is 3.51. The molecule has 0 saturated carbocycles. The Kier molecular flexibility index (Phi) is 6.03. The van der Waals surface area contributed by atoms with Crippen LogP contribution in [0.25, 0.3) is 10.3 Å². The number of aromatic amines is 1. The Morgan fingerprint density at radius 3 is 2.76 bits per heavy atom. The summed E-state index contributed by atoms with van der Waals surface area (Å²) in [7, 11) is 0. The van der Waals surface area contributed by atoms with Crippen LogP contribution >= 0.6 is 23.1 Å². The second-order valence-corrected chi connectivity index (χ2v) is 7.28. The van der Waals surface area contributed by atoms with E-state index < -0.39 is 0 Å². The Hall–Kier alpha value is -1.94. The van der Waals surface area contributed by atoms with Crippen molar-refractivity contribution in [3.63, 3.8) is 0 Å². The second kappa shape index (κ2) is 8.43. The molecular formula is C16H18N4O3S2. The summed E-state index contributed by atoms with van der Waals surface area (Å²) in [5.74, 6) is 1.21. The van der Waals surface area contributed by atoms with Gasteiger partial charge in [0, 0.05) is 12.4 Å². The Bertz CT molecular complexity index is 882. The number of benzene rings is 1. The maximum Gasteiger partial charge on any atom is 0.306 e. The largest absolute Gasteiger partial charge is 0.396 e. The van der Waals surface area contributed by atoms with Gasteiger partial charge in [-0.2, -0.15) is 0 Å². The van der Waals surface area contributed by atoms with Crippen LogP contribution in [0.4, 0.5) is 5.82 Å². The molecule has 1 atom stereocenters. The van der Waals surface area contributed by atoms with Gasteiger partial charge in [0.25, 0.3) is 0 Å². The third kappa shape index (κ3) is 4.57. The van der Waals surface area contributed by atoms with Crippen LogP contribution in [0.5, 0.6) is 0 Å². The van der Waals surface area contributed by atoms with Gasteiger partial charge >= 0.3 is 4.87 Å². The van der Waals surface area contributed by atoms with E-state index >= 15 is 0 Å². The molecule has 0 spiro atoms. The molecule has 0 saturated heterocycles. The number of aliphatic hydroxyl groups is 2. The first-order valence-electron chi connectivity index (χ1n) is 7.75. The molecule has 9 heteroatoms. The molecule has 2 aromatic heterocycles. The lowest BCUT2D eigenvalue weighted by Crippen LogP contribution is -2.25. The van der Waals surface area contributed by atoms with Crippen molar-refractivity contribution < 1.29 is 10.2 Å². The van der Waals surface area contributed by atoms with E-state index in [4.69, 9.17) is 5.11 Å². The van der Waals surface area contributed by atoms with Crippen molar-refractivity contribution >= 4 is 39.3 Å². The zero-order valence-electron chi connectivity index (χ0n) is 13.3. The van der Waals surface area contributed by atoms with Crippen molar-refractivity contribution in [2.24, 2.45) is 0 Å². The topological polar surface area (TPSA) is 111 Å². The third-order valence-corrected chi connectivity index (χ3v) is 5.31. The average molecular weight is 378 g/mol. The molecular weight excluding hydrogens is 360 g/mol. The smallest absolute Gasteiger partial charge is 0.306 e. The monoisotopic (exact) mass is 378 g/mol. The number of hydrogen-bond donors (Lipinski definition) is 4. The van der Waals surface area contributed by atoms with Crippen LogP contribution in [-0.4, -0.2) is 44.4 Å².